The molecule has 0 spiro atoms. The minimum absolute atomic E-state index is 0. The van der Waals surface area contributed by atoms with Gasteiger partial charge in [0.2, 0.25) is 0 Å². The van der Waals surface area contributed by atoms with Crippen LogP contribution in [-0.2, 0) is 42.2 Å². The summed E-state index contributed by atoms with van der Waals surface area (Å²) >= 11 is 0. The summed E-state index contributed by atoms with van der Waals surface area (Å²) < 4.78 is 5.01. The molecule has 0 atom stereocenters. The first-order valence-corrected chi connectivity index (χ1v) is 3.14. The molecule has 0 aliphatic rings. The first-order valence-electron chi connectivity index (χ1n) is 3.14. The van der Waals surface area contributed by atoms with Crippen molar-refractivity contribution in [3.63, 3.8) is 0 Å². The molecule has 3 heteroatoms. The molecule has 0 fully saturated rings. The Kier molecular flexibility index (Phi) is 13.0. The van der Waals surface area contributed by atoms with Gasteiger partial charge in [0.05, 0.1) is 6.61 Å². The predicted octanol–water partition coefficient (Wildman–Crippen LogP) is 1.20. The van der Waals surface area contributed by atoms with Crippen molar-refractivity contribution in [2.24, 2.45) is 0 Å². The van der Waals surface area contributed by atoms with E-state index in [1.54, 1.807) is 6.92 Å². The Bertz CT molecular complexity index is 83.7. The van der Waals surface area contributed by atoms with Gasteiger partial charge in [-0.3, -0.25) is 4.79 Å². The smallest absolute Gasteiger partial charge is 0.132 e. The number of ether oxygens (including phenoxy) is 1. The molecule has 0 aromatic carbocycles. The second kappa shape index (κ2) is 9.73. The van der Waals surface area contributed by atoms with Gasteiger partial charge in [-0.2, -0.15) is 6.42 Å². The molecular formula is C7H13O2Y-. The minimum atomic E-state index is 0. The molecule has 0 rings (SSSR count). The van der Waals surface area contributed by atoms with Gasteiger partial charge in [0, 0.05) is 45.7 Å². The summed E-state index contributed by atoms with van der Waals surface area (Å²) in [5.41, 5.74) is 0. The minimum Gasteiger partial charge on any atom is -0.384 e. The van der Waals surface area contributed by atoms with Crippen molar-refractivity contribution in [1.29, 1.82) is 0 Å². The van der Waals surface area contributed by atoms with Crippen LogP contribution >= 0.6 is 0 Å². The summed E-state index contributed by atoms with van der Waals surface area (Å²) in [5, 5.41) is 0. The van der Waals surface area contributed by atoms with E-state index in [1.165, 1.54) is 0 Å². The van der Waals surface area contributed by atoms with E-state index in [0.717, 1.165) is 6.42 Å². The van der Waals surface area contributed by atoms with Gasteiger partial charge in [-0.25, -0.2) is 0 Å². The van der Waals surface area contributed by atoms with E-state index in [0.29, 0.717) is 19.6 Å². The van der Waals surface area contributed by atoms with Gasteiger partial charge in [-0.1, -0.05) is 0 Å². The molecule has 10 heavy (non-hydrogen) atoms. The van der Waals surface area contributed by atoms with Crippen molar-refractivity contribution in [2.75, 3.05) is 13.2 Å². The maximum Gasteiger partial charge on any atom is 0.132 e. The normalized spacial score (nSPS) is 8.60. The van der Waals surface area contributed by atoms with Crippen LogP contribution in [0.15, 0.2) is 0 Å². The van der Waals surface area contributed by atoms with Crippen molar-refractivity contribution >= 4 is 5.78 Å². The third-order valence-electron chi connectivity index (χ3n) is 0.887. The molecule has 57 valence electrons. The fourth-order valence-electron chi connectivity index (χ4n) is 0.420. The Morgan fingerprint density at radius 2 is 2.10 bits per heavy atom. The number of carbonyl (C=O) groups excluding carboxylic acids is 1. The molecule has 0 aromatic rings. The Balaban J connectivity index is 0. The summed E-state index contributed by atoms with van der Waals surface area (Å²) in [7, 11) is 0. The number of hydrogen-bond acceptors (Lipinski definition) is 2. The molecule has 0 aliphatic heterocycles. The van der Waals surface area contributed by atoms with Gasteiger partial charge in [0.25, 0.3) is 0 Å². The van der Waals surface area contributed by atoms with E-state index in [2.05, 4.69) is 6.92 Å². The van der Waals surface area contributed by atoms with Gasteiger partial charge in [-0.05, 0) is 6.92 Å². The molecule has 0 aliphatic carbocycles. The van der Waals surface area contributed by atoms with Gasteiger partial charge in [0.15, 0.2) is 0 Å². The zero-order valence-electron chi connectivity index (χ0n) is 6.43. The van der Waals surface area contributed by atoms with Gasteiger partial charge < -0.3 is 11.7 Å². The number of Topliss-reactive ketones (excluding diaryl/α,β-unsaturated/α-hetero) is 1. The van der Waals surface area contributed by atoms with Gasteiger partial charge in [-0.15, -0.1) is 0 Å². The zero-order chi connectivity index (χ0) is 7.11. The Morgan fingerprint density at radius 3 is 2.50 bits per heavy atom. The van der Waals surface area contributed by atoms with Crippen LogP contribution in [0, 0.1) is 6.92 Å². The molecule has 1 radical (unpaired) electrons. The van der Waals surface area contributed by atoms with Crippen LogP contribution in [0.2, 0.25) is 0 Å². The van der Waals surface area contributed by atoms with Gasteiger partial charge >= 0.3 is 0 Å². The van der Waals surface area contributed by atoms with Crippen molar-refractivity contribution in [2.45, 2.75) is 19.8 Å². The monoisotopic (exact) mass is 218 g/mol. The number of hydrogen-bond donors (Lipinski definition) is 0. The van der Waals surface area contributed by atoms with Crippen molar-refractivity contribution in [3.05, 3.63) is 6.92 Å². The van der Waals surface area contributed by atoms with Crippen LogP contribution in [0.5, 0.6) is 0 Å². The van der Waals surface area contributed by atoms with Crippen LogP contribution in [0.1, 0.15) is 19.8 Å². The first-order chi connectivity index (χ1) is 4.27. The Labute approximate surface area is 87.6 Å². The second-order valence-electron chi connectivity index (χ2n) is 1.92. The molecule has 0 amide bonds. The molecule has 0 heterocycles. The Morgan fingerprint density at radius 1 is 1.50 bits per heavy atom. The van der Waals surface area contributed by atoms with E-state index >= 15 is 0 Å². The maximum atomic E-state index is 10.3. The van der Waals surface area contributed by atoms with Crippen molar-refractivity contribution in [3.8, 4) is 0 Å². The summed E-state index contributed by atoms with van der Waals surface area (Å²) in [6.45, 7) is 6.36. The second-order valence-corrected chi connectivity index (χ2v) is 1.92. The fraction of sp³-hybridized carbons (Fsp3) is 0.714. The largest absolute Gasteiger partial charge is 0.384 e. The summed E-state index contributed by atoms with van der Waals surface area (Å²) in [6.07, 6.45) is 1.30. The fourth-order valence-corrected chi connectivity index (χ4v) is 0.420. The van der Waals surface area contributed by atoms with E-state index in [1.807, 2.05) is 0 Å². The van der Waals surface area contributed by atoms with E-state index in [9.17, 15) is 4.79 Å². The van der Waals surface area contributed by atoms with Crippen LogP contribution in [0.4, 0.5) is 0 Å². The maximum absolute atomic E-state index is 10.3. The van der Waals surface area contributed by atoms with Crippen LogP contribution in [-0.4, -0.2) is 19.0 Å². The number of carbonyl (C=O) groups is 1. The molecular weight excluding hydrogens is 205 g/mol. The number of ketones is 1. The third-order valence-corrected chi connectivity index (χ3v) is 0.887. The molecule has 0 unspecified atom stereocenters. The Hall–Kier alpha value is 0.734. The van der Waals surface area contributed by atoms with Gasteiger partial charge in [0.1, 0.15) is 5.78 Å². The molecule has 0 aromatic heterocycles. The van der Waals surface area contributed by atoms with E-state index in [4.69, 9.17) is 4.74 Å². The average molecular weight is 218 g/mol. The molecule has 0 bridgehead atoms. The third kappa shape index (κ3) is 11.5. The van der Waals surface area contributed by atoms with Crippen LogP contribution < -0.4 is 0 Å². The zero-order valence-corrected chi connectivity index (χ0v) is 9.27. The quantitative estimate of drug-likeness (QED) is 0.512. The molecule has 0 N–H and O–H groups in total. The molecule has 2 nitrogen and oxygen atoms in total. The van der Waals surface area contributed by atoms with Crippen molar-refractivity contribution in [1.82, 2.24) is 0 Å². The molecule has 0 saturated heterocycles. The number of rotatable bonds is 5. The van der Waals surface area contributed by atoms with Crippen LogP contribution in [0.3, 0.4) is 0 Å². The standard InChI is InChI=1S/C7H13O2.Y/c1-3-5-9-6-4-7(2)8;/h1,3-6H2,2H3;/q-1;. The van der Waals surface area contributed by atoms with Crippen molar-refractivity contribution < 1.29 is 42.2 Å². The SMILES string of the molecule is [CH2-]CCOCCC(C)=O.[Y]. The average Bonchev–Trinajstić information content (AvgIpc) is 1.80. The topological polar surface area (TPSA) is 26.3 Å². The summed E-state index contributed by atoms with van der Waals surface area (Å²) in [4.78, 5) is 10.3. The summed E-state index contributed by atoms with van der Waals surface area (Å²) in [6, 6.07) is 0. The molecule has 0 saturated carbocycles. The van der Waals surface area contributed by atoms with Crippen LogP contribution in [0.25, 0.3) is 0 Å². The van der Waals surface area contributed by atoms with E-state index < -0.39 is 0 Å². The van der Waals surface area contributed by atoms with E-state index in [-0.39, 0.29) is 38.5 Å². The first kappa shape index (κ1) is 13.3. The summed E-state index contributed by atoms with van der Waals surface area (Å²) in [5.74, 6) is 0.180. The predicted molar refractivity (Wildman–Crippen MR) is 36.1 cm³/mol.